The van der Waals surface area contributed by atoms with Gasteiger partial charge in [0.25, 0.3) is 5.56 Å². The van der Waals surface area contributed by atoms with Gasteiger partial charge in [0.15, 0.2) is 0 Å². The highest BCUT2D eigenvalue weighted by Gasteiger charge is 2.33. The molecule has 0 unspecified atom stereocenters. The van der Waals surface area contributed by atoms with Crippen molar-refractivity contribution in [3.8, 4) is 5.75 Å². The Morgan fingerprint density at radius 3 is 2.52 bits per heavy atom. The molecule has 0 bridgehead atoms. The summed E-state index contributed by atoms with van der Waals surface area (Å²) in [4.78, 5) is 27.0. The van der Waals surface area contributed by atoms with Crippen LogP contribution < -0.4 is 10.3 Å². The van der Waals surface area contributed by atoms with Crippen molar-refractivity contribution in [1.29, 1.82) is 0 Å². The van der Waals surface area contributed by atoms with Gasteiger partial charge in [0.1, 0.15) is 12.0 Å². The van der Waals surface area contributed by atoms with Crippen molar-refractivity contribution in [2.75, 3.05) is 26.7 Å². The Kier molecular flexibility index (Phi) is 7.40. The SMILES string of the molecule is COc1ccc2ccc(=O)n(CCCC3(C=O)CCN(C/C=C/c4ccccc4)CC3)c2c1. The van der Waals surface area contributed by atoms with E-state index in [-0.39, 0.29) is 11.0 Å². The summed E-state index contributed by atoms with van der Waals surface area (Å²) in [5, 5.41) is 1.01. The van der Waals surface area contributed by atoms with Crippen LogP contribution in [0.4, 0.5) is 0 Å². The predicted octanol–water partition coefficient (Wildman–Crippen LogP) is 4.78. The number of hydrogen-bond donors (Lipinski definition) is 0. The molecule has 0 N–H and O–H groups in total. The van der Waals surface area contributed by atoms with Gasteiger partial charge in [-0.2, -0.15) is 0 Å². The van der Waals surface area contributed by atoms with Crippen LogP contribution in [0.1, 0.15) is 31.2 Å². The summed E-state index contributed by atoms with van der Waals surface area (Å²) < 4.78 is 7.15. The van der Waals surface area contributed by atoms with Crippen molar-refractivity contribution >= 4 is 23.3 Å². The zero-order valence-corrected chi connectivity index (χ0v) is 19.3. The topological polar surface area (TPSA) is 51.5 Å². The number of carbonyl (C=O) groups excluding carboxylic acids is 1. The monoisotopic (exact) mass is 444 g/mol. The highest BCUT2D eigenvalue weighted by Crippen LogP contribution is 2.34. The maximum Gasteiger partial charge on any atom is 0.251 e. The van der Waals surface area contributed by atoms with Gasteiger partial charge in [0.05, 0.1) is 12.6 Å². The van der Waals surface area contributed by atoms with Gasteiger partial charge < -0.3 is 14.1 Å². The fourth-order valence-corrected chi connectivity index (χ4v) is 4.72. The minimum absolute atomic E-state index is 0.0177. The molecule has 172 valence electrons. The molecule has 4 rings (SSSR count). The first-order valence-corrected chi connectivity index (χ1v) is 11.7. The van der Waals surface area contributed by atoms with Crippen molar-refractivity contribution in [3.63, 3.8) is 0 Å². The second kappa shape index (κ2) is 10.6. The normalized spacial score (nSPS) is 16.3. The standard InChI is InChI=1S/C28H32N2O3/c1-33-25-12-10-24-11-13-27(32)30(26(24)21-25)18-6-14-28(22-31)15-19-29(20-16-28)17-5-9-23-7-3-2-4-8-23/h2-5,7-13,21-22H,6,14-20H2,1H3/b9-5+. The van der Waals surface area contributed by atoms with Crippen LogP contribution in [0.15, 0.2) is 71.5 Å². The number of carbonyl (C=O) groups is 1. The maximum absolute atomic E-state index is 12.5. The second-order valence-electron chi connectivity index (χ2n) is 8.95. The average molecular weight is 445 g/mol. The smallest absolute Gasteiger partial charge is 0.251 e. The Morgan fingerprint density at radius 2 is 1.79 bits per heavy atom. The first-order valence-electron chi connectivity index (χ1n) is 11.7. The van der Waals surface area contributed by atoms with Gasteiger partial charge in [-0.05, 0) is 67.9 Å². The van der Waals surface area contributed by atoms with Gasteiger partial charge in [0.2, 0.25) is 0 Å². The highest BCUT2D eigenvalue weighted by molar-refractivity contribution is 5.80. The van der Waals surface area contributed by atoms with Crippen LogP contribution in [0.5, 0.6) is 5.75 Å². The molecule has 0 aliphatic carbocycles. The van der Waals surface area contributed by atoms with Gasteiger partial charge in [-0.3, -0.25) is 9.69 Å². The Labute approximate surface area is 195 Å². The van der Waals surface area contributed by atoms with E-state index < -0.39 is 0 Å². The summed E-state index contributed by atoms with van der Waals surface area (Å²) in [7, 11) is 1.63. The second-order valence-corrected chi connectivity index (χ2v) is 8.95. The molecule has 0 saturated carbocycles. The van der Waals surface area contributed by atoms with E-state index in [4.69, 9.17) is 4.74 Å². The van der Waals surface area contributed by atoms with Gasteiger partial charge in [-0.1, -0.05) is 42.5 Å². The number of piperidine rings is 1. The molecule has 0 spiro atoms. The number of benzene rings is 2. The van der Waals surface area contributed by atoms with Gasteiger partial charge >= 0.3 is 0 Å². The van der Waals surface area contributed by atoms with Crippen LogP contribution in [0.25, 0.3) is 17.0 Å². The quantitative estimate of drug-likeness (QED) is 0.446. The van der Waals surface area contributed by atoms with E-state index >= 15 is 0 Å². The fourth-order valence-electron chi connectivity index (χ4n) is 4.72. The molecule has 1 saturated heterocycles. The van der Waals surface area contributed by atoms with Crippen LogP contribution in [0, 0.1) is 5.41 Å². The lowest BCUT2D eigenvalue weighted by atomic mass is 9.76. The lowest BCUT2D eigenvalue weighted by Crippen LogP contribution is -2.41. The molecular formula is C28H32N2O3. The molecule has 2 heterocycles. The van der Waals surface area contributed by atoms with E-state index in [0.29, 0.717) is 6.54 Å². The average Bonchev–Trinajstić information content (AvgIpc) is 2.86. The third-order valence-corrected chi connectivity index (χ3v) is 6.83. The zero-order chi connectivity index (χ0) is 23.1. The number of aryl methyl sites for hydroxylation is 1. The summed E-state index contributed by atoms with van der Waals surface area (Å²) in [5.41, 5.74) is 1.78. The van der Waals surface area contributed by atoms with E-state index in [2.05, 4.69) is 29.2 Å². The van der Waals surface area contributed by atoms with E-state index in [1.807, 2.05) is 42.5 Å². The van der Waals surface area contributed by atoms with E-state index in [1.165, 1.54) is 11.8 Å². The maximum atomic E-state index is 12.5. The first kappa shape index (κ1) is 23.0. The first-order chi connectivity index (χ1) is 16.1. The largest absolute Gasteiger partial charge is 0.497 e. The number of aldehydes is 1. The molecule has 0 amide bonds. The number of methoxy groups -OCH3 is 1. The predicted molar refractivity (Wildman–Crippen MR) is 134 cm³/mol. The van der Waals surface area contributed by atoms with E-state index in [9.17, 15) is 9.59 Å². The number of fused-ring (bicyclic) bond motifs is 1. The van der Waals surface area contributed by atoms with Crippen LogP contribution in [-0.2, 0) is 11.3 Å². The summed E-state index contributed by atoms with van der Waals surface area (Å²) in [6.45, 7) is 3.34. The molecular weight excluding hydrogens is 412 g/mol. The molecule has 1 aliphatic heterocycles. The van der Waals surface area contributed by atoms with Gasteiger partial charge in [-0.15, -0.1) is 0 Å². The molecule has 5 heteroatoms. The molecule has 3 aromatic rings. The minimum atomic E-state index is -0.286. The molecule has 0 radical (unpaired) electrons. The number of nitrogens with zero attached hydrogens (tertiary/aromatic N) is 2. The Hall–Kier alpha value is -3.18. The van der Waals surface area contributed by atoms with Crippen LogP contribution in [0.2, 0.25) is 0 Å². The van der Waals surface area contributed by atoms with E-state index in [1.54, 1.807) is 17.7 Å². The van der Waals surface area contributed by atoms with Crippen molar-refractivity contribution in [1.82, 2.24) is 9.47 Å². The molecule has 2 aromatic carbocycles. The van der Waals surface area contributed by atoms with Gasteiger partial charge in [-0.25, -0.2) is 0 Å². The third kappa shape index (κ3) is 5.60. The Morgan fingerprint density at radius 1 is 1.03 bits per heavy atom. The lowest BCUT2D eigenvalue weighted by molar-refractivity contribution is -0.119. The Bertz CT molecular complexity index is 1160. The molecule has 0 atom stereocenters. The number of likely N-dealkylation sites (tertiary alicyclic amines) is 1. The molecule has 1 aromatic heterocycles. The fraction of sp³-hybridized carbons (Fsp3) is 0.357. The molecule has 5 nitrogen and oxygen atoms in total. The number of pyridine rings is 1. The highest BCUT2D eigenvalue weighted by atomic mass is 16.5. The lowest BCUT2D eigenvalue weighted by Gasteiger charge is -2.38. The summed E-state index contributed by atoms with van der Waals surface area (Å²) in [5.74, 6) is 0.736. The molecule has 1 aliphatic rings. The molecule has 33 heavy (non-hydrogen) atoms. The number of rotatable bonds is 9. The Balaban J connectivity index is 1.34. The van der Waals surface area contributed by atoms with Crippen molar-refractivity contribution in [3.05, 3.63) is 82.7 Å². The zero-order valence-electron chi connectivity index (χ0n) is 19.3. The summed E-state index contributed by atoms with van der Waals surface area (Å²) in [6.07, 6.45) is 8.85. The van der Waals surface area contributed by atoms with Crippen molar-refractivity contribution in [2.24, 2.45) is 5.41 Å². The van der Waals surface area contributed by atoms with Crippen LogP contribution in [0.3, 0.4) is 0 Å². The minimum Gasteiger partial charge on any atom is -0.497 e. The third-order valence-electron chi connectivity index (χ3n) is 6.83. The van der Waals surface area contributed by atoms with Crippen molar-refractivity contribution in [2.45, 2.75) is 32.2 Å². The van der Waals surface area contributed by atoms with Crippen LogP contribution in [-0.4, -0.2) is 42.5 Å². The van der Waals surface area contributed by atoms with Crippen LogP contribution >= 0.6 is 0 Å². The number of aromatic nitrogens is 1. The van der Waals surface area contributed by atoms with Gasteiger partial charge in [0, 0.05) is 30.6 Å². The molecule has 1 fully saturated rings. The number of ether oxygens (including phenoxy) is 1. The van der Waals surface area contributed by atoms with E-state index in [0.717, 1.165) is 62.0 Å². The van der Waals surface area contributed by atoms with Crippen molar-refractivity contribution < 1.29 is 9.53 Å². The summed E-state index contributed by atoms with van der Waals surface area (Å²) >= 11 is 0. The number of hydrogen-bond acceptors (Lipinski definition) is 4. The summed E-state index contributed by atoms with van der Waals surface area (Å²) in [6, 6.07) is 19.6.